The van der Waals surface area contributed by atoms with Gasteiger partial charge in [-0.15, -0.1) is 11.3 Å². The van der Waals surface area contributed by atoms with Crippen LogP contribution in [0.4, 0.5) is 11.4 Å². The van der Waals surface area contributed by atoms with E-state index in [4.69, 9.17) is 9.72 Å². The van der Waals surface area contributed by atoms with Gasteiger partial charge in [-0.1, -0.05) is 6.07 Å². The summed E-state index contributed by atoms with van der Waals surface area (Å²) >= 11 is 1.57. The molecule has 1 fully saturated rings. The van der Waals surface area contributed by atoms with Gasteiger partial charge in [-0.05, 0) is 49.9 Å². The van der Waals surface area contributed by atoms with Crippen LogP contribution in [0, 0.1) is 0 Å². The fourth-order valence-electron chi connectivity index (χ4n) is 4.21. The summed E-state index contributed by atoms with van der Waals surface area (Å²) in [6.45, 7) is 4.73. The van der Waals surface area contributed by atoms with E-state index in [9.17, 15) is 9.59 Å². The first kappa shape index (κ1) is 22.1. The number of methoxy groups -OCH3 is 1. The summed E-state index contributed by atoms with van der Waals surface area (Å²) < 4.78 is 7.36. The molecule has 0 atom stereocenters. The van der Waals surface area contributed by atoms with Crippen molar-refractivity contribution in [1.82, 2.24) is 14.8 Å². The Morgan fingerprint density at radius 2 is 2.09 bits per heavy atom. The summed E-state index contributed by atoms with van der Waals surface area (Å²) in [5.41, 5.74) is 3.20. The van der Waals surface area contributed by atoms with Crippen molar-refractivity contribution in [1.29, 1.82) is 0 Å². The third-order valence-corrected chi connectivity index (χ3v) is 6.77. The summed E-state index contributed by atoms with van der Waals surface area (Å²) in [7, 11) is 1.56. The Bertz CT molecular complexity index is 1380. The van der Waals surface area contributed by atoms with Crippen LogP contribution in [-0.2, 0) is 4.79 Å². The van der Waals surface area contributed by atoms with E-state index in [2.05, 4.69) is 10.4 Å². The van der Waals surface area contributed by atoms with Crippen molar-refractivity contribution in [2.24, 2.45) is 0 Å². The molecule has 0 bridgehead atoms. The van der Waals surface area contributed by atoms with E-state index in [-0.39, 0.29) is 17.9 Å². The number of thiophene rings is 1. The maximum atomic E-state index is 13.4. The minimum absolute atomic E-state index is 0.0811. The SMILES string of the molecule is COc1cc(NC(=O)c2cc(-c3cccs3)nc3c2cnn3C(C)C)ccc1N1CCCC1=O. The zero-order chi connectivity index (χ0) is 23.8. The Hall–Kier alpha value is -3.72. The molecular formula is C25H25N5O3S. The first-order chi connectivity index (χ1) is 16.5. The van der Waals surface area contributed by atoms with Crippen molar-refractivity contribution >= 4 is 45.6 Å². The minimum Gasteiger partial charge on any atom is -0.494 e. The van der Waals surface area contributed by atoms with Crippen molar-refractivity contribution in [2.75, 3.05) is 23.9 Å². The second-order valence-electron chi connectivity index (χ2n) is 8.44. The lowest BCUT2D eigenvalue weighted by molar-refractivity contribution is -0.117. The molecule has 4 aromatic rings. The van der Waals surface area contributed by atoms with Crippen molar-refractivity contribution in [3.05, 3.63) is 53.5 Å². The number of carbonyl (C=O) groups is 2. The Balaban J connectivity index is 1.52. The monoisotopic (exact) mass is 475 g/mol. The normalized spacial score (nSPS) is 13.8. The average molecular weight is 476 g/mol. The van der Waals surface area contributed by atoms with E-state index in [0.717, 1.165) is 17.0 Å². The van der Waals surface area contributed by atoms with Crippen LogP contribution in [0.25, 0.3) is 21.6 Å². The molecule has 2 amide bonds. The summed E-state index contributed by atoms with van der Waals surface area (Å²) in [6.07, 6.45) is 3.06. The molecule has 0 spiro atoms. The number of aromatic nitrogens is 3. The fourth-order valence-corrected chi connectivity index (χ4v) is 4.90. The number of fused-ring (bicyclic) bond motifs is 1. The van der Waals surface area contributed by atoms with Gasteiger partial charge in [0, 0.05) is 30.8 Å². The maximum Gasteiger partial charge on any atom is 0.256 e. The number of nitrogens with one attached hydrogen (secondary N) is 1. The van der Waals surface area contributed by atoms with Gasteiger partial charge >= 0.3 is 0 Å². The predicted molar refractivity (Wildman–Crippen MR) is 134 cm³/mol. The summed E-state index contributed by atoms with van der Waals surface area (Å²) in [6, 6.07) is 11.2. The predicted octanol–water partition coefficient (Wildman–Crippen LogP) is 5.13. The van der Waals surface area contributed by atoms with Crippen LogP contribution in [0.1, 0.15) is 43.1 Å². The molecular weight excluding hydrogens is 450 g/mol. The van der Waals surface area contributed by atoms with E-state index in [0.29, 0.717) is 46.7 Å². The molecule has 3 aromatic heterocycles. The number of benzene rings is 1. The fraction of sp³-hybridized carbons (Fsp3) is 0.280. The van der Waals surface area contributed by atoms with Gasteiger partial charge in [-0.3, -0.25) is 9.59 Å². The number of anilines is 2. The Morgan fingerprint density at radius 1 is 1.24 bits per heavy atom. The molecule has 0 aliphatic carbocycles. The van der Waals surface area contributed by atoms with Crippen molar-refractivity contribution in [2.45, 2.75) is 32.7 Å². The molecule has 0 saturated carbocycles. The number of pyridine rings is 1. The van der Waals surface area contributed by atoms with Crippen molar-refractivity contribution in [3.8, 4) is 16.3 Å². The standard InChI is InChI=1S/C25H25N5O3S/c1-15(2)30-24-18(14-26-30)17(13-19(28-24)22-6-5-11-34-22)25(32)27-16-8-9-20(21(12-16)33-3)29-10-4-7-23(29)31/h5-6,8-9,11-15H,4,7,10H2,1-3H3,(H,27,32). The second-order valence-corrected chi connectivity index (χ2v) is 9.39. The van der Waals surface area contributed by atoms with E-state index >= 15 is 0 Å². The molecule has 5 rings (SSSR count). The second kappa shape index (κ2) is 8.90. The van der Waals surface area contributed by atoms with Crippen LogP contribution < -0.4 is 15.0 Å². The van der Waals surface area contributed by atoms with Crippen LogP contribution in [-0.4, -0.2) is 40.2 Å². The molecule has 34 heavy (non-hydrogen) atoms. The molecule has 1 aromatic carbocycles. The van der Waals surface area contributed by atoms with Gasteiger partial charge in [-0.25, -0.2) is 9.67 Å². The van der Waals surface area contributed by atoms with Gasteiger partial charge in [0.05, 0.1) is 40.5 Å². The highest BCUT2D eigenvalue weighted by Gasteiger charge is 2.25. The lowest BCUT2D eigenvalue weighted by Gasteiger charge is -2.19. The highest BCUT2D eigenvalue weighted by Crippen LogP contribution is 2.34. The number of rotatable bonds is 6. The van der Waals surface area contributed by atoms with Gasteiger partial charge < -0.3 is 15.0 Å². The molecule has 1 aliphatic rings. The number of nitrogens with zero attached hydrogens (tertiary/aromatic N) is 4. The highest BCUT2D eigenvalue weighted by atomic mass is 32.1. The Kier molecular flexibility index (Phi) is 5.79. The minimum atomic E-state index is -0.263. The topological polar surface area (TPSA) is 89.3 Å². The van der Waals surface area contributed by atoms with Crippen LogP contribution in [0.5, 0.6) is 5.75 Å². The van der Waals surface area contributed by atoms with E-state index in [1.54, 1.807) is 41.7 Å². The number of hydrogen-bond acceptors (Lipinski definition) is 6. The van der Waals surface area contributed by atoms with Gasteiger partial charge in [0.15, 0.2) is 5.65 Å². The molecule has 174 valence electrons. The third-order valence-electron chi connectivity index (χ3n) is 5.88. The molecule has 0 radical (unpaired) electrons. The Labute approximate surface area is 201 Å². The first-order valence-corrected chi connectivity index (χ1v) is 12.1. The molecule has 1 saturated heterocycles. The zero-order valence-corrected chi connectivity index (χ0v) is 20.1. The van der Waals surface area contributed by atoms with Crippen LogP contribution >= 0.6 is 11.3 Å². The van der Waals surface area contributed by atoms with E-state index in [1.807, 2.05) is 48.2 Å². The maximum absolute atomic E-state index is 13.4. The van der Waals surface area contributed by atoms with Crippen LogP contribution in [0.15, 0.2) is 48.0 Å². The first-order valence-electron chi connectivity index (χ1n) is 11.2. The smallest absolute Gasteiger partial charge is 0.256 e. The summed E-state index contributed by atoms with van der Waals surface area (Å²) in [5, 5.41) is 10.1. The molecule has 0 unspecified atom stereocenters. The molecule has 1 N–H and O–H groups in total. The van der Waals surface area contributed by atoms with Crippen LogP contribution in [0.3, 0.4) is 0 Å². The van der Waals surface area contributed by atoms with E-state index in [1.165, 1.54) is 0 Å². The molecule has 8 nitrogen and oxygen atoms in total. The summed E-state index contributed by atoms with van der Waals surface area (Å²) in [4.78, 5) is 33.1. The zero-order valence-electron chi connectivity index (χ0n) is 19.2. The number of ether oxygens (including phenoxy) is 1. The third kappa shape index (κ3) is 3.92. The van der Waals surface area contributed by atoms with Crippen molar-refractivity contribution < 1.29 is 14.3 Å². The van der Waals surface area contributed by atoms with Gasteiger partial charge in [0.1, 0.15) is 5.75 Å². The van der Waals surface area contributed by atoms with Crippen LogP contribution in [0.2, 0.25) is 0 Å². The quantitative estimate of drug-likeness (QED) is 0.418. The number of hydrogen-bond donors (Lipinski definition) is 1. The van der Waals surface area contributed by atoms with Gasteiger partial charge in [-0.2, -0.15) is 5.10 Å². The number of amides is 2. The average Bonchev–Trinajstić information content (AvgIpc) is 3.59. The van der Waals surface area contributed by atoms with Gasteiger partial charge in [0.25, 0.3) is 5.91 Å². The highest BCUT2D eigenvalue weighted by molar-refractivity contribution is 7.13. The molecule has 9 heteroatoms. The summed E-state index contributed by atoms with van der Waals surface area (Å²) in [5.74, 6) is 0.359. The van der Waals surface area contributed by atoms with Crippen molar-refractivity contribution in [3.63, 3.8) is 0 Å². The molecule has 1 aliphatic heterocycles. The van der Waals surface area contributed by atoms with E-state index < -0.39 is 0 Å². The lowest BCUT2D eigenvalue weighted by atomic mass is 10.1. The Morgan fingerprint density at radius 3 is 2.76 bits per heavy atom. The molecule has 4 heterocycles. The number of carbonyl (C=O) groups excluding carboxylic acids is 2. The van der Waals surface area contributed by atoms with Gasteiger partial charge in [0.2, 0.25) is 5.91 Å². The largest absolute Gasteiger partial charge is 0.494 e. The lowest BCUT2D eigenvalue weighted by Crippen LogP contribution is -2.24.